The maximum absolute atomic E-state index is 12.9. The molecule has 0 radical (unpaired) electrons. The number of hydrogen-bond acceptors (Lipinski definition) is 11. The van der Waals surface area contributed by atoms with Gasteiger partial charge in [-0.3, -0.25) is 19.6 Å². The van der Waals surface area contributed by atoms with Crippen molar-refractivity contribution in [2.75, 3.05) is 0 Å². The lowest BCUT2D eigenvalue weighted by Gasteiger charge is -2.09. The first-order chi connectivity index (χ1) is 31.4. The second-order valence-corrected chi connectivity index (χ2v) is 17.1. The van der Waals surface area contributed by atoms with Crippen LogP contribution in [0.2, 0.25) is 0 Å². The number of carbonyl (C=O) groups is 4. The maximum atomic E-state index is 12.9. The first kappa shape index (κ1) is 53.7. The highest BCUT2D eigenvalue weighted by Gasteiger charge is 2.16. The molecule has 0 aliphatic rings. The molecule has 3 aromatic heterocycles. The van der Waals surface area contributed by atoms with E-state index < -0.39 is 11.9 Å². The molecular weight excluding hydrogens is 807 g/mol. The molecule has 3 heterocycles. The summed E-state index contributed by atoms with van der Waals surface area (Å²) in [5.74, 6) is -1.96. The Morgan fingerprint density at radius 1 is 0.344 bits per heavy atom. The van der Waals surface area contributed by atoms with E-state index in [0.29, 0.717) is 35.6 Å². The summed E-state index contributed by atoms with van der Waals surface area (Å²) in [6.45, 7) is 4.32. The number of ether oxygens (including phenoxy) is 4. The van der Waals surface area contributed by atoms with Crippen molar-refractivity contribution in [3.63, 3.8) is 0 Å². The second-order valence-electron chi connectivity index (χ2n) is 17.1. The second kappa shape index (κ2) is 35.7. The van der Waals surface area contributed by atoms with Crippen LogP contribution in [0.1, 0.15) is 237 Å². The van der Waals surface area contributed by atoms with Crippen LogP contribution in [0.15, 0.2) is 54.6 Å². The van der Waals surface area contributed by atoms with Gasteiger partial charge in [0.15, 0.2) is 0 Å². The van der Waals surface area contributed by atoms with Gasteiger partial charge in [0.1, 0.15) is 37.8 Å². The van der Waals surface area contributed by atoms with E-state index in [9.17, 15) is 19.2 Å². The Balaban J connectivity index is 1.26. The summed E-state index contributed by atoms with van der Waals surface area (Å²) < 4.78 is 21.8. The van der Waals surface area contributed by atoms with Crippen LogP contribution in [0, 0.1) is 0 Å². The van der Waals surface area contributed by atoms with Crippen molar-refractivity contribution in [3.8, 4) is 0 Å². The van der Waals surface area contributed by atoms with Crippen LogP contribution in [0.25, 0.3) is 0 Å². The fraction of sp³-hybridized carbons (Fsp3) is 0.642. The van der Waals surface area contributed by atoms with Gasteiger partial charge in [-0.2, -0.15) is 0 Å². The standard InChI is InChI=1S/C53H79N3O8/c1-3-5-7-9-11-13-15-17-19-21-23-25-27-38-50(57)61-40-44-32-29-34-46(54-44)42-63-52(59)48-36-31-37-49(56-48)53(60)64-43-47-35-30-33-45(55-47)41-62-51(58)39-28-26-24-22-20-18-16-14-12-10-8-6-4-2/h29-37H,3-28,38-43H2,1-2H3. The number of esters is 4. The molecule has 0 aliphatic heterocycles. The number of carbonyl (C=O) groups excluding carboxylic acids is 4. The molecule has 0 unspecified atom stereocenters. The van der Waals surface area contributed by atoms with Gasteiger partial charge in [0.2, 0.25) is 0 Å². The topological polar surface area (TPSA) is 144 Å². The molecule has 354 valence electrons. The van der Waals surface area contributed by atoms with Gasteiger partial charge in [0, 0.05) is 12.8 Å². The molecule has 0 saturated carbocycles. The van der Waals surface area contributed by atoms with E-state index in [0.717, 1.165) is 38.5 Å². The lowest BCUT2D eigenvalue weighted by Crippen LogP contribution is -2.13. The zero-order valence-electron chi connectivity index (χ0n) is 39.4. The number of rotatable bonds is 38. The van der Waals surface area contributed by atoms with E-state index in [1.165, 1.54) is 147 Å². The largest absolute Gasteiger partial charge is 0.459 e. The van der Waals surface area contributed by atoms with Gasteiger partial charge in [0.25, 0.3) is 0 Å². The summed E-state index contributed by atoms with van der Waals surface area (Å²) in [6.07, 6.45) is 33.2. The van der Waals surface area contributed by atoms with Crippen LogP contribution in [0.5, 0.6) is 0 Å². The molecule has 0 atom stereocenters. The average molecular weight is 886 g/mol. The van der Waals surface area contributed by atoms with Crippen molar-refractivity contribution in [2.24, 2.45) is 0 Å². The van der Waals surface area contributed by atoms with Gasteiger partial charge in [-0.25, -0.2) is 14.6 Å². The predicted octanol–water partition coefficient (Wildman–Crippen LogP) is 13.6. The molecule has 0 aromatic carbocycles. The molecule has 11 heteroatoms. The molecule has 0 spiro atoms. The summed E-state index contributed by atoms with van der Waals surface area (Å²) in [5.41, 5.74) is 1.94. The van der Waals surface area contributed by atoms with Crippen molar-refractivity contribution in [1.82, 2.24) is 15.0 Å². The smallest absolute Gasteiger partial charge is 0.357 e. The van der Waals surface area contributed by atoms with E-state index >= 15 is 0 Å². The van der Waals surface area contributed by atoms with E-state index in [-0.39, 0.29) is 49.8 Å². The summed E-state index contributed by atoms with van der Waals surface area (Å²) in [4.78, 5) is 63.5. The minimum atomic E-state index is -0.732. The Morgan fingerprint density at radius 2 is 0.609 bits per heavy atom. The van der Waals surface area contributed by atoms with Gasteiger partial charge in [-0.15, -0.1) is 0 Å². The molecule has 0 fully saturated rings. The molecular formula is C53H79N3O8. The quantitative estimate of drug-likeness (QED) is 0.0308. The highest BCUT2D eigenvalue weighted by molar-refractivity contribution is 5.91. The van der Waals surface area contributed by atoms with E-state index in [1.807, 2.05) is 0 Å². The number of hydrogen-bond donors (Lipinski definition) is 0. The Hall–Kier alpha value is -4.67. The third kappa shape index (κ3) is 26.2. The van der Waals surface area contributed by atoms with Crippen molar-refractivity contribution < 1.29 is 38.1 Å². The van der Waals surface area contributed by atoms with E-state index in [1.54, 1.807) is 36.4 Å². The van der Waals surface area contributed by atoms with Gasteiger partial charge in [-0.05, 0) is 49.2 Å². The fourth-order valence-electron chi connectivity index (χ4n) is 7.50. The Labute approximate surface area is 384 Å². The van der Waals surface area contributed by atoms with Crippen molar-refractivity contribution in [1.29, 1.82) is 0 Å². The lowest BCUT2D eigenvalue weighted by atomic mass is 10.0. The number of unbranched alkanes of at least 4 members (excludes halogenated alkanes) is 24. The number of aromatic nitrogens is 3. The van der Waals surface area contributed by atoms with Gasteiger partial charge < -0.3 is 18.9 Å². The van der Waals surface area contributed by atoms with Crippen LogP contribution < -0.4 is 0 Å². The summed E-state index contributed by atoms with van der Waals surface area (Å²) in [6, 6.07) is 14.9. The van der Waals surface area contributed by atoms with Gasteiger partial charge >= 0.3 is 23.9 Å². The maximum Gasteiger partial charge on any atom is 0.357 e. The SMILES string of the molecule is CCCCCCCCCCCCCCCC(=O)OCc1cccc(COC(=O)c2cccc(C(=O)OCc3cccc(COC(=O)CCCCCCCCCCCCCCC)n3)n2)n1. The van der Waals surface area contributed by atoms with Gasteiger partial charge in [0.05, 0.1) is 22.8 Å². The average Bonchev–Trinajstić information content (AvgIpc) is 3.31. The third-order valence-electron chi connectivity index (χ3n) is 11.3. The molecule has 0 saturated heterocycles. The molecule has 3 rings (SSSR count). The monoisotopic (exact) mass is 886 g/mol. The number of nitrogens with zero attached hydrogens (tertiary/aromatic N) is 3. The van der Waals surface area contributed by atoms with E-state index in [4.69, 9.17) is 18.9 Å². The highest BCUT2D eigenvalue weighted by Crippen LogP contribution is 2.16. The van der Waals surface area contributed by atoms with Crippen LogP contribution in [-0.4, -0.2) is 38.8 Å². The zero-order valence-corrected chi connectivity index (χ0v) is 39.4. The Bertz CT molecular complexity index is 1610. The predicted molar refractivity (Wildman–Crippen MR) is 251 cm³/mol. The normalized spacial score (nSPS) is 11.0. The number of pyridine rings is 3. The summed E-state index contributed by atoms with van der Waals surface area (Å²) in [7, 11) is 0. The summed E-state index contributed by atoms with van der Waals surface area (Å²) in [5, 5.41) is 0. The van der Waals surface area contributed by atoms with Crippen molar-refractivity contribution >= 4 is 23.9 Å². The van der Waals surface area contributed by atoms with Crippen LogP contribution in [0.3, 0.4) is 0 Å². The first-order valence-electron chi connectivity index (χ1n) is 24.9. The molecule has 0 N–H and O–H groups in total. The van der Waals surface area contributed by atoms with Crippen molar-refractivity contribution in [3.05, 3.63) is 88.8 Å². The third-order valence-corrected chi connectivity index (χ3v) is 11.3. The molecule has 0 bridgehead atoms. The molecule has 11 nitrogen and oxygen atoms in total. The van der Waals surface area contributed by atoms with Crippen LogP contribution in [0.4, 0.5) is 0 Å². The highest BCUT2D eigenvalue weighted by atomic mass is 16.5. The van der Waals surface area contributed by atoms with Crippen molar-refractivity contribution in [2.45, 2.75) is 220 Å². The van der Waals surface area contributed by atoms with Crippen LogP contribution >= 0.6 is 0 Å². The minimum Gasteiger partial charge on any atom is -0.459 e. The Morgan fingerprint density at radius 3 is 0.922 bits per heavy atom. The van der Waals surface area contributed by atoms with Crippen LogP contribution in [-0.2, 0) is 55.0 Å². The molecule has 0 amide bonds. The zero-order chi connectivity index (χ0) is 45.7. The van der Waals surface area contributed by atoms with E-state index in [2.05, 4.69) is 28.8 Å². The fourth-order valence-corrected chi connectivity index (χ4v) is 7.50. The lowest BCUT2D eigenvalue weighted by molar-refractivity contribution is -0.146. The molecule has 0 aliphatic carbocycles. The summed E-state index contributed by atoms with van der Waals surface area (Å²) >= 11 is 0. The Kier molecular flexibility index (Phi) is 29.9. The molecule has 64 heavy (non-hydrogen) atoms. The van der Waals surface area contributed by atoms with Gasteiger partial charge in [-0.1, -0.05) is 186 Å². The first-order valence-corrected chi connectivity index (χ1v) is 24.9. The minimum absolute atomic E-state index is 0.0393. The molecule has 3 aromatic rings.